The first-order valence-corrected chi connectivity index (χ1v) is 10.1. The Morgan fingerprint density at radius 1 is 1.06 bits per heavy atom. The van der Waals surface area contributed by atoms with Crippen LogP contribution in [-0.2, 0) is 19.7 Å². The van der Waals surface area contributed by atoms with Crippen molar-refractivity contribution in [3.8, 4) is 5.75 Å². The summed E-state index contributed by atoms with van der Waals surface area (Å²) in [6.07, 6.45) is 3.66. The van der Waals surface area contributed by atoms with E-state index in [2.05, 4.69) is 34.6 Å². The predicted octanol–water partition coefficient (Wildman–Crippen LogP) is 4.05. The zero-order valence-electron chi connectivity index (χ0n) is 17.5. The fraction of sp³-hybridized carbons (Fsp3) is 0.208. The quantitative estimate of drug-likeness (QED) is 0.469. The zero-order chi connectivity index (χ0) is 21.6. The Morgan fingerprint density at radius 3 is 2.71 bits per heavy atom. The van der Waals surface area contributed by atoms with Crippen molar-refractivity contribution in [3.63, 3.8) is 0 Å². The lowest BCUT2D eigenvalue weighted by Crippen LogP contribution is -2.22. The van der Waals surface area contributed by atoms with Gasteiger partial charge < -0.3 is 14.6 Å². The molecule has 0 spiro atoms. The predicted molar refractivity (Wildman–Crippen MR) is 116 cm³/mol. The topological polar surface area (TPSA) is 82.2 Å². The molecule has 31 heavy (non-hydrogen) atoms. The second kappa shape index (κ2) is 9.30. The van der Waals surface area contributed by atoms with Crippen LogP contribution in [0.15, 0.2) is 71.5 Å². The van der Waals surface area contributed by atoms with Crippen molar-refractivity contribution in [1.29, 1.82) is 0 Å². The van der Waals surface area contributed by atoms with E-state index in [1.807, 2.05) is 54.2 Å². The van der Waals surface area contributed by atoms with Crippen molar-refractivity contribution >= 4 is 5.91 Å². The van der Waals surface area contributed by atoms with Gasteiger partial charge in [-0.15, -0.1) is 0 Å². The molecule has 0 bridgehead atoms. The van der Waals surface area contributed by atoms with Crippen LogP contribution in [0, 0.1) is 13.8 Å². The van der Waals surface area contributed by atoms with Crippen LogP contribution in [0.5, 0.6) is 5.75 Å². The van der Waals surface area contributed by atoms with Crippen LogP contribution in [-0.4, -0.2) is 20.8 Å². The third-order valence-electron chi connectivity index (χ3n) is 4.98. The molecule has 1 amide bonds. The molecule has 2 heterocycles. The smallest absolute Gasteiger partial charge is 0.273 e. The van der Waals surface area contributed by atoms with Gasteiger partial charge in [-0.1, -0.05) is 41.6 Å². The second-order valence-corrected chi connectivity index (χ2v) is 7.43. The number of amides is 1. The van der Waals surface area contributed by atoms with Crippen LogP contribution in [0.4, 0.5) is 0 Å². The highest BCUT2D eigenvalue weighted by Gasteiger charge is 2.13. The summed E-state index contributed by atoms with van der Waals surface area (Å²) in [6.45, 7) is 5.32. The minimum absolute atomic E-state index is 0.203. The van der Waals surface area contributed by atoms with Crippen molar-refractivity contribution in [3.05, 3.63) is 101 Å². The molecule has 0 fully saturated rings. The molecule has 0 unspecified atom stereocenters. The van der Waals surface area contributed by atoms with Crippen LogP contribution in [0.1, 0.15) is 38.5 Å². The highest BCUT2D eigenvalue weighted by atomic mass is 16.5. The number of nitrogens with one attached hydrogen (secondary N) is 1. The van der Waals surface area contributed by atoms with E-state index in [1.165, 1.54) is 11.1 Å². The first kappa shape index (κ1) is 20.4. The molecule has 0 aliphatic carbocycles. The lowest BCUT2D eigenvalue weighted by atomic mass is 10.1. The molecule has 7 nitrogen and oxygen atoms in total. The first-order valence-electron chi connectivity index (χ1n) is 10.1. The van der Waals surface area contributed by atoms with Gasteiger partial charge in [-0.05, 0) is 42.7 Å². The van der Waals surface area contributed by atoms with Crippen LogP contribution in [0.2, 0.25) is 0 Å². The molecular formula is C24H24N4O3. The summed E-state index contributed by atoms with van der Waals surface area (Å²) in [7, 11) is 0. The summed E-state index contributed by atoms with van der Waals surface area (Å²) >= 11 is 0. The van der Waals surface area contributed by atoms with Gasteiger partial charge in [-0.25, -0.2) is 0 Å². The van der Waals surface area contributed by atoms with E-state index in [4.69, 9.17) is 9.26 Å². The molecule has 0 atom stereocenters. The van der Waals surface area contributed by atoms with Crippen molar-refractivity contribution in [2.45, 2.75) is 33.5 Å². The lowest BCUT2D eigenvalue weighted by Gasteiger charge is -2.06. The van der Waals surface area contributed by atoms with Crippen LogP contribution < -0.4 is 10.1 Å². The van der Waals surface area contributed by atoms with E-state index in [0.29, 0.717) is 18.8 Å². The summed E-state index contributed by atoms with van der Waals surface area (Å²) < 4.78 is 12.8. The molecule has 0 radical (unpaired) electrons. The molecule has 0 saturated heterocycles. The van der Waals surface area contributed by atoms with E-state index in [0.717, 1.165) is 16.9 Å². The van der Waals surface area contributed by atoms with Crippen molar-refractivity contribution in [2.75, 3.05) is 0 Å². The van der Waals surface area contributed by atoms with Gasteiger partial charge in [-0.2, -0.15) is 5.10 Å². The van der Waals surface area contributed by atoms with Gasteiger partial charge in [0, 0.05) is 24.4 Å². The molecule has 1 N–H and O–H groups in total. The molecule has 7 heteroatoms. The largest absolute Gasteiger partial charge is 0.486 e. The molecule has 2 aromatic heterocycles. The minimum atomic E-state index is -0.308. The second-order valence-electron chi connectivity index (χ2n) is 7.43. The van der Waals surface area contributed by atoms with E-state index in [-0.39, 0.29) is 18.2 Å². The molecule has 4 aromatic rings. The van der Waals surface area contributed by atoms with E-state index in [9.17, 15) is 4.79 Å². The average Bonchev–Trinajstić information content (AvgIpc) is 3.43. The summed E-state index contributed by atoms with van der Waals surface area (Å²) in [6, 6.07) is 17.6. The molecular weight excluding hydrogens is 392 g/mol. The maximum Gasteiger partial charge on any atom is 0.273 e. The Balaban J connectivity index is 1.27. The summed E-state index contributed by atoms with van der Waals surface area (Å²) in [5.41, 5.74) is 4.65. The third-order valence-corrected chi connectivity index (χ3v) is 4.98. The van der Waals surface area contributed by atoms with Gasteiger partial charge in [0.1, 0.15) is 12.4 Å². The van der Waals surface area contributed by atoms with Gasteiger partial charge in [0.25, 0.3) is 5.91 Å². The number of rotatable bonds is 8. The van der Waals surface area contributed by atoms with Gasteiger partial charge in [0.05, 0.1) is 12.7 Å². The van der Waals surface area contributed by atoms with Crippen molar-refractivity contribution < 1.29 is 14.1 Å². The lowest BCUT2D eigenvalue weighted by molar-refractivity contribution is 0.0941. The fourth-order valence-electron chi connectivity index (χ4n) is 3.07. The number of hydrogen-bond donors (Lipinski definition) is 1. The molecule has 2 aromatic carbocycles. The Labute approximate surface area is 180 Å². The molecule has 0 saturated carbocycles. The maximum atomic E-state index is 12.4. The molecule has 0 aliphatic rings. The number of nitrogens with zero attached hydrogens (tertiary/aromatic N) is 3. The first-order chi connectivity index (χ1) is 15.1. The van der Waals surface area contributed by atoms with Gasteiger partial charge in [-0.3, -0.25) is 9.48 Å². The number of carbonyl (C=O) groups is 1. The standard InChI is InChI=1S/C24H24N4O3/c1-17-8-9-21(10-18(17)2)30-16-22-11-23(27-31-22)24(29)25-12-20-13-26-28(15-20)14-19-6-4-3-5-7-19/h3-11,13,15H,12,14,16H2,1-2H3,(H,25,29). The molecule has 4 rings (SSSR count). The highest BCUT2D eigenvalue weighted by molar-refractivity contribution is 5.92. The van der Waals surface area contributed by atoms with E-state index >= 15 is 0 Å². The zero-order valence-corrected chi connectivity index (χ0v) is 17.5. The number of carbonyl (C=O) groups excluding carboxylic acids is 1. The summed E-state index contributed by atoms with van der Waals surface area (Å²) in [5, 5.41) is 11.0. The number of aryl methyl sites for hydroxylation is 2. The van der Waals surface area contributed by atoms with Crippen molar-refractivity contribution in [1.82, 2.24) is 20.3 Å². The molecule has 158 valence electrons. The highest BCUT2D eigenvalue weighted by Crippen LogP contribution is 2.18. The Hall–Kier alpha value is -3.87. The van der Waals surface area contributed by atoms with E-state index in [1.54, 1.807) is 12.3 Å². The van der Waals surface area contributed by atoms with Crippen molar-refractivity contribution in [2.24, 2.45) is 0 Å². The Morgan fingerprint density at radius 2 is 1.90 bits per heavy atom. The Kier molecular flexibility index (Phi) is 6.12. The van der Waals surface area contributed by atoms with Gasteiger partial charge >= 0.3 is 0 Å². The normalized spacial score (nSPS) is 10.8. The van der Waals surface area contributed by atoms with E-state index < -0.39 is 0 Å². The Bertz CT molecular complexity index is 1160. The SMILES string of the molecule is Cc1ccc(OCc2cc(C(=O)NCc3cnn(Cc4ccccc4)c3)no2)cc1C. The van der Waals surface area contributed by atoms with Gasteiger partial charge in [0.2, 0.25) is 0 Å². The van der Waals surface area contributed by atoms with Crippen LogP contribution in [0.3, 0.4) is 0 Å². The summed E-state index contributed by atoms with van der Waals surface area (Å²) in [5.74, 6) is 0.925. The number of benzene rings is 2. The maximum absolute atomic E-state index is 12.4. The van der Waals surface area contributed by atoms with Crippen LogP contribution in [0.25, 0.3) is 0 Å². The monoisotopic (exact) mass is 416 g/mol. The van der Waals surface area contributed by atoms with Gasteiger partial charge in [0.15, 0.2) is 11.5 Å². The number of hydrogen-bond acceptors (Lipinski definition) is 5. The average molecular weight is 416 g/mol. The third kappa shape index (κ3) is 5.39. The minimum Gasteiger partial charge on any atom is -0.486 e. The number of ether oxygens (including phenoxy) is 1. The molecule has 0 aliphatic heterocycles. The fourth-order valence-corrected chi connectivity index (χ4v) is 3.07. The number of aromatic nitrogens is 3. The van der Waals surface area contributed by atoms with Crippen LogP contribution >= 0.6 is 0 Å². The summed E-state index contributed by atoms with van der Waals surface area (Å²) in [4.78, 5) is 12.4.